The zero-order valence-corrected chi connectivity index (χ0v) is 15.0. The van der Waals surface area contributed by atoms with Crippen molar-refractivity contribution >= 4 is 23.2 Å². The van der Waals surface area contributed by atoms with Gasteiger partial charge < -0.3 is 15.7 Å². The molecule has 6 heteroatoms. The molecular weight excluding hydrogens is 342 g/mol. The molecule has 2 amide bonds. The lowest BCUT2D eigenvalue weighted by Crippen LogP contribution is -2.14. The van der Waals surface area contributed by atoms with E-state index >= 15 is 0 Å². The number of hydrogen-bond donors (Lipinski definition) is 3. The fourth-order valence-electron chi connectivity index (χ4n) is 2.56. The van der Waals surface area contributed by atoms with Crippen molar-refractivity contribution in [2.24, 2.45) is 0 Å². The van der Waals surface area contributed by atoms with E-state index in [1.165, 1.54) is 0 Å². The minimum atomic E-state index is -0.423. The summed E-state index contributed by atoms with van der Waals surface area (Å²) in [5.41, 5.74) is 3.30. The molecule has 0 aliphatic rings. The molecule has 3 rings (SSSR count). The van der Waals surface area contributed by atoms with E-state index in [1.807, 2.05) is 6.92 Å². The first-order chi connectivity index (χ1) is 13.0. The SMILES string of the molecule is Cc1ccc(C(=O)Nc2cccc(NC(=O)c3ccncc3)c2)c(O)c1C. The molecule has 0 spiro atoms. The van der Waals surface area contributed by atoms with Crippen LogP contribution in [0.15, 0.2) is 60.9 Å². The molecule has 27 heavy (non-hydrogen) atoms. The first kappa shape index (κ1) is 18.1. The van der Waals surface area contributed by atoms with Crippen LogP contribution in [0.25, 0.3) is 0 Å². The van der Waals surface area contributed by atoms with Crippen LogP contribution in [0.2, 0.25) is 0 Å². The molecule has 0 atom stereocenters. The molecule has 2 aromatic carbocycles. The zero-order valence-electron chi connectivity index (χ0n) is 15.0. The van der Waals surface area contributed by atoms with Gasteiger partial charge in [-0.1, -0.05) is 12.1 Å². The van der Waals surface area contributed by atoms with Crippen molar-refractivity contribution in [3.8, 4) is 5.75 Å². The zero-order chi connectivity index (χ0) is 19.4. The van der Waals surface area contributed by atoms with Crippen LogP contribution in [0.5, 0.6) is 5.75 Å². The van der Waals surface area contributed by atoms with Gasteiger partial charge in [-0.3, -0.25) is 14.6 Å². The van der Waals surface area contributed by atoms with Crippen molar-refractivity contribution in [1.82, 2.24) is 4.98 Å². The molecule has 1 aromatic heterocycles. The summed E-state index contributed by atoms with van der Waals surface area (Å²) < 4.78 is 0. The fraction of sp³-hybridized carbons (Fsp3) is 0.0952. The molecular formula is C21H19N3O3. The Bertz CT molecular complexity index is 1000. The third-order valence-electron chi connectivity index (χ3n) is 4.27. The third-order valence-corrected chi connectivity index (χ3v) is 4.27. The summed E-state index contributed by atoms with van der Waals surface area (Å²) in [6.45, 7) is 3.63. The lowest BCUT2D eigenvalue weighted by molar-refractivity contribution is 0.101. The quantitative estimate of drug-likeness (QED) is 0.657. The highest BCUT2D eigenvalue weighted by Crippen LogP contribution is 2.26. The molecule has 0 fully saturated rings. The van der Waals surface area contributed by atoms with E-state index in [4.69, 9.17) is 0 Å². The predicted octanol–water partition coefficient (Wildman–Crippen LogP) is 3.91. The molecule has 0 bridgehead atoms. The second-order valence-electron chi connectivity index (χ2n) is 6.13. The van der Waals surface area contributed by atoms with Gasteiger partial charge in [-0.15, -0.1) is 0 Å². The first-order valence-corrected chi connectivity index (χ1v) is 8.37. The number of aryl methyl sites for hydroxylation is 1. The highest BCUT2D eigenvalue weighted by molar-refractivity contribution is 6.07. The first-order valence-electron chi connectivity index (χ1n) is 8.37. The van der Waals surface area contributed by atoms with E-state index in [9.17, 15) is 14.7 Å². The molecule has 0 unspecified atom stereocenters. The Labute approximate surface area is 156 Å². The second-order valence-corrected chi connectivity index (χ2v) is 6.13. The van der Waals surface area contributed by atoms with Gasteiger partial charge in [-0.2, -0.15) is 0 Å². The number of aromatic hydroxyl groups is 1. The predicted molar refractivity (Wildman–Crippen MR) is 104 cm³/mol. The Hall–Kier alpha value is -3.67. The Kier molecular flexibility index (Phi) is 5.17. The van der Waals surface area contributed by atoms with Gasteiger partial charge in [0.25, 0.3) is 11.8 Å². The van der Waals surface area contributed by atoms with Crippen molar-refractivity contribution in [2.45, 2.75) is 13.8 Å². The molecule has 3 aromatic rings. The summed E-state index contributed by atoms with van der Waals surface area (Å²) in [4.78, 5) is 28.6. The Morgan fingerprint density at radius 1 is 0.889 bits per heavy atom. The van der Waals surface area contributed by atoms with Crippen molar-refractivity contribution in [2.75, 3.05) is 10.6 Å². The van der Waals surface area contributed by atoms with Crippen LogP contribution >= 0.6 is 0 Å². The molecule has 0 aliphatic heterocycles. The maximum absolute atomic E-state index is 12.5. The monoisotopic (exact) mass is 361 g/mol. The number of amides is 2. The number of carbonyl (C=O) groups is 2. The molecule has 0 saturated heterocycles. The van der Waals surface area contributed by atoms with Crippen LogP contribution in [-0.2, 0) is 0 Å². The van der Waals surface area contributed by atoms with Crippen molar-refractivity contribution in [3.05, 3.63) is 83.2 Å². The van der Waals surface area contributed by atoms with Crippen LogP contribution in [-0.4, -0.2) is 21.9 Å². The summed E-state index contributed by atoms with van der Waals surface area (Å²) in [6.07, 6.45) is 3.09. The normalized spacial score (nSPS) is 10.3. The van der Waals surface area contributed by atoms with Crippen LogP contribution in [0.3, 0.4) is 0 Å². The number of rotatable bonds is 4. The Balaban J connectivity index is 1.75. The fourth-order valence-corrected chi connectivity index (χ4v) is 2.56. The largest absolute Gasteiger partial charge is 0.507 e. The van der Waals surface area contributed by atoms with Crippen LogP contribution in [0, 0.1) is 13.8 Å². The molecule has 6 nitrogen and oxygen atoms in total. The second kappa shape index (κ2) is 7.70. The number of carbonyl (C=O) groups excluding carboxylic acids is 2. The lowest BCUT2D eigenvalue weighted by Gasteiger charge is -2.11. The summed E-state index contributed by atoms with van der Waals surface area (Å²) in [7, 11) is 0. The number of pyridine rings is 1. The minimum Gasteiger partial charge on any atom is -0.507 e. The van der Waals surface area contributed by atoms with E-state index < -0.39 is 5.91 Å². The molecule has 0 aliphatic carbocycles. The molecule has 3 N–H and O–H groups in total. The van der Waals surface area contributed by atoms with Crippen molar-refractivity contribution in [1.29, 1.82) is 0 Å². The number of hydrogen-bond acceptors (Lipinski definition) is 4. The molecule has 0 radical (unpaired) electrons. The maximum atomic E-state index is 12.5. The Morgan fingerprint density at radius 3 is 2.19 bits per heavy atom. The highest BCUT2D eigenvalue weighted by atomic mass is 16.3. The molecule has 1 heterocycles. The van der Waals surface area contributed by atoms with Gasteiger partial charge in [-0.05, 0) is 61.4 Å². The van der Waals surface area contributed by atoms with Gasteiger partial charge in [0, 0.05) is 29.3 Å². The number of nitrogens with zero attached hydrogens (tertiary/aromatic N) is 1. The third kappa shape index (κ3) is 4.12. The number of phenols is 1. The van der Waals surface area contributed by atoms with Gasteiger partial charge in [0.2, 0.25) is 0 Å². The highest BCUT2D eigenvalue weighted by Gasteiger charge is 2.14. The maximum Gasteiger partial charge on any atom is 0.259 e. The summed E-state index contributed by atoms with van der Waals surface area (Å²) in [5, 5.41) is 15.7. The average Bonchev–Trinajstić information content (AvgIpc) is 2.67. The van der Waals surface area contributed by atoms with E-state index in [0.29, 0.717) is 22.5 Å². The van der Waals surface area contributed by atoms with E-state index in [1.54, 1.807) is 67.8 Å². The van der Waals surface area contributed by atoms with E-state index in [2.05, 4.69) is 15.6 Å². The van der Waals surface area contributed by atoms with E-state index in [0.717, 1.165) is 5.56 Å². The number of nitrogens with one attached hydrogen (secondary N) is 2. The summed E-state index contributed by atoms with van der Waals surface area (Å²) in [6, 6.07) is 13.4. The topological polar surface area (TPSA) is 91.3 Å². The lowest BCUT2D eigenvalue weighted by atomic mass is 10.0. The summed E-state index contributed by atoms with van der Waals surface area (Å²) >= 11 is 0. The molecule has 0 saturated carbocycles. The average molecular weight is 361 g/mol. The van der Waals surface area contributed by atoms with Gasteiger partial charge in [0.05, 0.1) is 5.56 Å². The number of aromatic nitrogens is 1. The van der Waals surface area contributed by atoms with Gasteiger partial charge in [-0.25, -0.2) is 0 Å². The number of benzene rings is 2. The van der Waals surface area contributed by atoms with Crippen LogP contribution < -0.4 is 10.6 Å². The van der Waals surface area contributed by atoms with Crippen LogP contribution in [0.1, 0.15) is 31.8 Å². The number of phenolic OH excluding ortho intramolecular Hbond substituents is 1. The van der Waals surface area contributed by atoms with Crippen molar-refractivity contribution < 1.29 is 14.7 Å². The standard InChI is InChI=1S/C21H19N3O3/c1-13-6-7-18(19(25)14(13)2)21(27)24-17-5-3-4-16(12-17)23-20(26)15-8-10-22-11-9-15/h3-12,25H,1-2H3,(H,23,26)(H,24,27). The van der Waals surface area contributed by atoms with Gasteiger partial charge >= 0.3 is 0 Å². The number of anilines is 2. The van der Waals surface area contributed by atoms with Gasteiger partial charge in [0.15, 0.2) is 0 Å². The van der Waals surface area contributed by atoms with E-state index in [-0.39, 0.29) is 17.2 Å². The molecule has 136 valence electrons. The van der Waals surface area contributed by atoms with Crippen molar-refractivity contribution in [3.63, 3.8) is 0 Å². The van der Waals surface area contributed by atoms with Gasteiger partial charge in [0.1, 0.15) is 5.75 Å². The van der Waals surface area contributed by atoms with Crippen LogP contribution in [0.4, 0.5) is 11.4 Å². The Morgan fingerprint density at radius 2 is 1.52 bits per heavy atom. The minimum absolute atomic E-state index is 0.0327. The smallest absolute Gasteiger partial charge is 0.259 e. The summed E-state index contributed by atoms with van der Waals surface area (Å²) in [5.74, 6) is -0.726.